The molecule has 19 heavy (non-hydrogen) atoms. The molecule has 0 bridgehead atoms. The first-order valence-electron chi connectivity index (χ1n) is 5.74. The van der Waals surface area contributed by atoms with E-state index in [-0.39, 0.29) is 22.6 Å². The molecule has 0 aliphatic heterocycles. The smallest absolute Gasteiger partial charge is 0.312 e. The first-order valence-corrected chi connectivity index (χ1v) is 5.74. The predicted octanol–water partition coefficient (Wildman–Crippen LogP) is 1.61. The number of nitrogens with one attached hydrogen (secondary N) is 1. The Labute approximate surface area is 112 Å². The zero-order chi connectivity index (χ0) is 14.6. The zero-order valence-electron chi connectivity index (χ0n) is 11.5. The molecular formula is C12H17N5O2. The molecule has 7 nitrogen and oxygen atoms in total. The lowest BCUT2D eigenvalue weighted by Crippen LogP contribution is -2.44. The van der Waals surface area contributed by atoms with Gasteiger partial charge in [-0.25, -0.2) is 4.98 Å². The zero-order valence-corrected chi connectivity index (χ0v) is 11.5. The van der Waals surface area contributed by atoms with E-state index in [4.69, 9.17) is 5.26 Å². The van der Waals surface area contributed by atoms with Gasteiger partial charge in [0.15, 0.2) is 0 Å². The molecule has 0 aromatic carbocycles. The van der Waals surface area contributed by atoms with Crippen LogP contribution in [0, 0.1) is 21.4 Å². The lowest BCUT2D eigenvalue weighted by Gasteiger charge is -2.32. The second-order valence-corrected chi connectivity index (χ2v) is 5.02. The van der Waals surface area contributed by atoms with E-state index in [1.165, 1.54) is 12.3 Å². The Morgan fingerprint density at radius 1 is 1.58 bits per heavy atom. The number of rotatable bonds is 5. The van der Waals surface area contributed by atoms with Gasteiger partial charge in [-0.1, -0.05) is 0 Å². The van der Waals surface area contributed by atoms with Crippen molar-refractivity contribution in [3.8, 4) is 6.07 Å². The molecule has 0 aliphatic carbocycles. The molecule has 0 saturated carbocycles. The molecule has 0 atom stereocenters. The number of nitriles is 1. The van der Waals surface area contributed by atoms with Crippen molar-refractivity contribution in [3.05, 3.63) is 27.9 Å². The van der Waals surface area contributed by atoms with E-state index < -0.39 is 4.92 Å². The number of aromatic nitrogens is 1. The van der Waals surface area contributed by atoms with Gasteiger partial charge in [-0.15, -0.1) is 0 Å². The molecular weight excluding hydrogens is 246 g/mol. The van der Waals surface area contributed by atoms with Crippen LogP contribution >= 0.6 is 0 Å². The van der Waals surface area contributed by atoms with E-state index in [1.807, 2.05) is 38.9 Å². The Hall–Kier alpha value is -2.20. The predicted molar refractivity (Wildman–Crippen MR) is 71.9 cm³/mol. The van der Waals surface area contributed by atoms with Crippen molar-refractivity contribution in [2.75, 3.05) is 26.0 Å². The highest BCUT2D eigenvalue weighted by Gasteiger charge is 2.23. The first-order chi connectivity index (χ1) is 8.77. The van der Waals surface area contributed by atoms with E-state index in [0.717, 1.165) is 0 Å². The fourth-order valence-electron chi connectivity index (χ4n) is 1.25. The van der Waals surface area contributed by atoms with E-state index in [9.17, 15) is 10.1 Å². The molecule has 1 N–H and O–H groups in total. The van der Waals surface area contributed by atoms with Gasteiger partial charge in [0.1, 0.15) is 6.07 Å². The van der Waals surface area contributed by atoms with E-state index in [0.29, 0.717) is 6.54 Å². The van der Waals surface area contributed by atoms with Crippen LogP contribution < -0.4 is 5.32 Å². The summed E-state index contributed by atoms with van der Waals surface area (Å²) in [4.78, 5) is 16.4. The third-order valence-electron chi connectivity index (χ3n) is 3.09. The summed E-state index contributed by atoms with van der Waals surface area (Å²) in [6.07, 6.45) is 1.32. The minimum atomic E-state index is -0.543. The van der Waals surface area contributed by atoms with Crippen molar-refractivity contribution < 1.29 is 4.92 Å². The first kappa shape index (κ1) is 14.9. The summed E-state index contributed by atoms with van der Waals surface area (Å²) in [5.74, 6) is 0.180. The molecule has 102 valence electrons. The maximum absolute atomic E-state index is 11.0. The summed E-state index contributed by atoms with van der Waals surface area (Å²) in [5.41, 5.74) is -0.193. The number of nitrogens with zero attached hydrogens (tertiary/aromatic N) is 4. The molecule has 0 fully saturated rings. The molecule has 1 aromatic rings. The van der Waals surface area contributed by atoms with Crippen LogP contribution in [0.1, 0.15) is 19.4 Å². The largest absolute Gasteiger partial charge is 0.363 e. The standard InChI is InChI=1S/C12H17N5O2/c1-12(2,16(3)4)8-15-11-10(17(18)19)5-9(6-13)7-14-11/h5,7H,8H2,1-4H3,(H,14,15). The highest BCUT2D eigenvalue weighted by molar-refractivity contribution is 5.58. The maximum atomic E-state index is 11.0. The van der Waals surface area contributed by atoms with Crippen LogP contribution in [0.5, 0.6) is 0 Å². The number of anilines is 1. The van der Waals surface area contributed by atoms with Crippen molar-refractivity contribution in [2.24, 2.45) is 0 Å². The van der Waals surface area contributed by atoms with Gasteiger partial charge in [0.2, 0.25) is 5.82 Å². The van der Waals surface area contributed by atoms with Crippen LogP contribution in [0.2, 0.25) is 0 Å². The van der Waals surface area contributed by atoms with Crippen molar-refractivity contribution in [1.29, 1.82) is 5.26 Å². The van der Waals surface area contributed by atoms with Crippen LogP contribution in [0.25, 0.3) is 0 Å². The van der Waals surface area contributed by atoms with Gasteiger partial charge in [0.05, 0.1) is 10.5 Å². The molecule has 1 aromatic heterocycles. The number of likely N-dealkylation sites (N-methyl/N-ethyl adjacent to an activating group) is 1. The number of nitro groups is 1. The minimum absolute atomic E-state index is 0.170. The second-order valence-electron chi connectivity index (χ2n) is 5.02. The van der Waals surface area contributed by atoms with Gasteiger partial charge in [-0.2, -0.15) is 5.26 Å². The van der Waals surface area contributed by atoms with E-state index >= 15 is 0 Å². The molecule has 0 unspecified atom stereocenters. The number of hydrogen-bond acceptors (Lipinski definition) is 6. The molecule has 0 aliphatic rings. The van der Waals surface area contributed by atoms with Gasteiger partial charge >= 0.3 is 5.69 Å². The average Bonchev–Trinajstić information content (AvgIpc) is 2.35. The van der Waals surface area contributed by atoms with Gasteiger partial charge in [0.25, 0.3) is 0 Å². The highest BCUT2D eigenvalue weighted by Crippen LogP contribution is 2.23. The molecule has 0 saturated heterocycles. The maximum Gasteiger partial charge on any atom is 0.312 e. The molecule has 7 heteroatoms. The minimum Gasteiger partial charge on any atom is -0.363 e. The molecule has 0 spiro atoms. The van der Waals surface area contributed by atoms with Crippen LogP contribution in [-0.4, -0.2) is 41.0 Å². The van der Waals surface area contributed by atoms with E-state index in [1.54, 1.807) is 0 Å². The monoisotopic (exact) mass is 263 g/mol. The Balaban J connectivity index is 2.96. The fourth-order valence-corrected chi connectivity index (χ4v) is 1.25. The van der Waals surface area contributed by atoms with Gasteiger partial charge in [-0.3, -0.25) is 10.1 Å². The third-order valence-corrected chi connectivity index (χ3v) is 3.09. The van der Waals surface area contributed by atoms with Gasteiger partial charge in [0, 0.05) is 24.3 Å². The Morgan fingerprint density at radius 2 is 2.21 bits per heavy atom. The summed E-state index contributed by atoms with van der Waals surface area (Å²) < 4.78 is 0. The summed E-state index contributed by atoms with van der Waals surface area (Å²) in [7, 11) is 3.87. The Bertz CT molecular complexity index is 519. The Morgan fingerprint density at radius 3 is 2.68 bits per heavy atom. The molecule has 1 heterocycles. The third kappa shape index (κ3) is 3.63. The Kier molecular flexibility index (Phi) is 4.40. The van der Waals surface area contributed by atoms with Crippen molar-refractivity contribution in [2.45, 2.75) is 19.4 Å². The summed E-state index contributed by atoms with van der Waals surface area (Å²) in [6, 6.07) is 3.06. The van der Waals surface area contributed by atoms with Crippen LogP contribution in [0.15, 0.2) is 12.3 Å². The molecule has 0 radical (unpaired) electrons. The second kappa shape index (κ2) is 5.63. The van der Waals surface area contributed by atoms with Crippen molar-refractivity contribution >= 4 is 11.5 Å². The number of hydrogen-bond donors (Lipinski definition) is 1. The van der Waals surface area contributed by atoms with Crippen LogP contribution in [-0.2, 0) is 0 Å². The van der Waals surface area contributed by atoms with Crippen molar-refractivity contribution in [3.63, 3.8) is 0 Å². The van der Waals surface area contributed by atoms with Crippen molar-refractivity contribution in [1.82, 2.24) is 9.88 Å². The quantitative estimate of drug-likeness (QED) is 0.640. The number of pyridine rings is 1. The molecule has 0 amide bonds. The average molecular weight is 263 g/mol. The fraction of sp³-hybridized carbons (Fsp3) is 0.500. The lowest BCUT2D eigenvalue weighted by atomic mass is 10.0. The summed E-state index contributed by atoms with van der Waals surface area (Å²) in [6.45, 7) is 4.52. The van der Waals surface area contributed by atoms with Gasteiger partial charge < -0.3 is 10.2 Å². The van der Waals surface area contributed by atoms with Crippen LogP contribution in [0.4, 0.5) is 11.5 Å². The van der Waals surface area contributed by atoms with E-state index in [2.05, 4.69) is 10.3 Å². The normalized spacial score (nSPS) is 11.2. The van der Waals surface area contributed by atoms with Crippen LogP contribution in [0.3, 0.4) is 0 Å². The topological polar surface area (TPSA) is 95.1 Å². The highest BCUT2D eigenvalue weighted by atomic mass is 16.6. The lowest BCUT2D eigenvalue weighted by molar-refractivity contribution is -0.384. The SMILES string of the molecule is CN(C)C(C)(C)CNc1ncc(C#N)cc1[N+](=O)[O-]. The summed E-state index contributed by atoms with van der Waals surface area (Å²) in [5, 5.41) is 22.6. The van der Waals surface area contributed by atoms with Gasteiger partial charge in [-0.05, 0) is 27.9 Å². The molecule has 1 rings (SSSR count). The summed E-state index contributed by atoms with van der Waals surface area (Å²) >= 11 is 0.